The van der Waals surface area contributed by atoms with Crippen molar-refractivity contribution in [1.82, 2.24) is 4.98 Å². The first-order valence-corrected chi connectivity index (χ1v) is 8.81. The second-order valence-electron chi connectivity index (χ2n) is 5.37. The summed E-state index contributed by atoms with van der Waals surface area (Å²) in [5, 5.41) is 0. The summed E-state index contributed by atoms with van der Waals surface area (Å²) in [6, 6.07) is 4.01. The van der Waals surface area contributed by atoms with Gasteiger partial charge in [0.2, 0.25) is 0 Å². The van der Waals surface area contributed by atoms with Gasteiger partial charge in [-0.2, -0.15) is 0 Å². The number of benzene rings is 1. The van der Waals surface area contributed by atoms with E-state index >= 15 is 0 Å². The first kappa shape index (κ1) is 18.0. The lowest BCUT2D eigenvalue weighted by molar-refractivity contribution is 0.0521. The molecule has 1 aromatic heterocycles. The van der Waals surface area contributed by atoms with Crippen molar-refractivity contribution in [2.45, 2.75) is 32.6 Å². The molecule has 0 aliphatic rings. The van der Waals surface area contributed by atoms with E-state index in [1.54, 1.807) is 27.7 Å². The number of rotatable bonds is 5. The van der Waals surface area contributed by atoms with E-state index in [-0.39, 0.29) is 22.8 Å². The highest BCUT2D eigenvalue weighted by atomic mass is 32.2. The van der Waals surface area contributed by atoms with Gasteiger partial charge in [0.1, 0.15) is 16.3 Å². The van der Waals surface area contributed by atoms with Crippen LogP contribution in [0, 0.1) is 26.6 Å². The molecule has 0 fully saturated rings. The van der Waals surface area contributed by atoms with Crippen molar-refractivity contribution in [1.29, 1.82) is 0 Å². The summed E-state index contributed by atoms with van der Waals surface area (Å²) >= 11 is 0. The Morgan fingerprint density at radius 3 is 2.50 bits per heavy atom. The molecule has 0 spiro atoms. The summed E-state index contributed by atoms with van der Waals surface area (Å²) in [5.41, 5.74) is 1.12. The van der Waals surface area contributed by atoms with Crippen molar-refractivity contribution in [2.24, 2.45) is 0 Å². The monoisotopic (exact) mass is 354 g/mol. The summed E-state index contributed by atoms with van der Waals surface area (Å²) in [5.74, 6) is -1.25. The molecule has 6 nitrogen and oxygen atoms in total. The number of sulfonamides is 1. The second kappa shape index (κ2) is 6.64. The van der Waals surface area contributed by atoms with Gasteiger partial charge in [-0.05, 0) is 45.4 Å². The van der Waals surface area contributed by atoms with E-state index in [2.05, 4.69) is 9.71 Å². The molecule has 8 heteroatoms. The van der Waals surface area contributed by atoms with E-state index < -0.39 is 21.8 Å². The van der Waals surface area contributed by atoms with E-state index in [1.807, 2.05) is 0 Å². The van der Waals surface area contributed by atoms with Crippen molar-refractivity contribution in [2.75, 3.05) is 11.3 Å². The minimum Gasteiger partial charge on any atom is -0.462 e. The molecule has 0 saturated carbocycles. The molecule has 2 rings (SSSR count). The van der Waals surface area contributed by atoms with Gasteiger partial charge in [0, 0.05) is 11.4 Å². The maximum atomic E-state index is 13.6. The lowest BCUT2D eigenvalue weighted by Gasteiger charge is -2.11. The predicted molar refractivity (Wildman–Crippen MR) is 88.2 cm³/mol. The molecule has 0 amide bonds. The normalized spacial score (nSPS) is 11.4. The highest BCUT2D eigenvalue weighted by Crippen LogP contribution is 2.27. The number of nitrogens with one attached hydrogen (secondary N) is 2. The number of esters is 1. The number of anilines is 1. The lowest BCUT2D eigenvalue weighted by Crippen LogP contribution is -2.18. The summed E-state index contributed by atoms with van der Waals surface area (Å²) in [7, 11) is -4.10. The second-order valence-corrected chi connectivity index (χ2v) is 6.99. The van der Waals surface area contributed by atoms with Gasteiger partial charge in [0.05, 0.1) is 12.3 Å². The van der Waals surface area contributed by atoms with Crippen LogP contribution in [0.15, 0.2) is 23.1 Å². The third kappa shape index (κ3) is 3.43. The van der Waals surface area contributed by atoms with Gasteiger partial charge < -0.3 is 9.72 Å². The number of aromatic nitrogens is 1. The molecule has 2 aromatic rings. The molecule has 2 N–H and O–H groups in total. The number of ether oxygens (including phenoxy) is 1. The molecular weight excluding hydrogens is 335 g/mol. The maximum Gasteiger partial charge on any atom is 0.341 e. The van der Waals surface area contributed by atoms with E-state index in [4.69, 9.17) is 4.74 Å². The molecule has 130 valence electrons. The number of carbonyl (C=O) groups excluding carboxylic acids is 1. The van der Waals surface area contributed by atoms with E-state index in [9.17, 15) is 17.6 Å². The molecule has 0 unspecified atom stereocenters. The van der Waals surface area contributed by atoms with Crippen LogP contribution in [0.5, 0.6) is 0 Å². The fourth-order valence-corrected chi connectivity index (χ4v) is 3.90. The fourth-order valence-electron chi connectivity index (χ4n) is 2.41. The number of hydrogen-bond acceptors (Lipinski definition) is 4. The van der Waals surface area contributed by atoms with Crippen molar-refractivity contribution in [3.8, 4) is 0 Å². The molecular formula is C16H19FN2O4S. The summed E-state index contributed by atoms with van der Waals surface area (Å²) in [6.45, 7) is 6.46. The summed E-state index contributed by atoms with van der Waals surface area (Å²) < 4.78 is 46.3. The highest BCUT2D eigenvalue weighted by Gasteiger charge is 2.30. The smallest absolute Gasteiger partial charge is 0.341 e. The van der Waals surface area contributed by atoms with Gasteiger partial charge in [0.25, 0.3) is 10.0 Å². The predicted octanol–water partition coefficient (Wildman–Crippen LogP) is 3.06. The Labute approximate surface area is 140 Å². The van der Waals surface area contributed by atoms with E-state index in [0.717, 1.165) is 6.07 Å². The Kier molecular flexibility index (Phi) is 4.98. The standard InChI is InChI=1S/C16H19FN2O4S/c1-5-23-16(20)14-10(3)18-11(4)15(14)24(21,22)19-12-7-6-9(2)13(17)8-12/h6-8,18-19H,5H2,1-4H3. The molecule has 0 aliphatic carbocycles. The zero-order valence-corrected chi connectivity index (χ0v) is 14.7. The van der Waals surface area contributed by atoms with Gasteiger partial charge in [0.15, 0.2) is 0 Å². The van der Waals surface area contributed by atoms with Gasteiger partial charge in [-0.15, -0.1) is 0 Å². The first-order valence-electron chi connectivity index (χ1n) is 7.32. The van der Waals surface area contributed by atoms with Crippen LogP contribution in [0.1, 0.15) is 34.2 Å². The lowest BCUT2D eigenvalue weighted by atomic mass is 10.2. The number of H-pyrrole nitrogens is 1. The van der Waals surface area contributed by atoms with Crippen LogP contribution in [0.2, 0.25) is 0 Å². The number of aromatic amines is 1. The Hall–Kier alpha value is -2.35. The molecule has 0 radical (unpaired) electrons. The van der Waals surface area contributed by atoms with Crippen molar-refractivity contribution in [3.05, 3.63) is 46.5 Å². The van der Waals surface area contributed by atoms with Crippen molar-refractivity contribution in [3.63, 3.8) is 0 Å². The molecule has 0 bridgehead atoms. The summed E-state index contributed by atoms with van der Waals surface area (Å²) in [4.78, 5) is 14.7. The van der Waals surface area contributed by atoms with Gasteiger partial charge in [-0.3, -0.25) is 4.72 Å². The van der Waals surface area contributed by atoms with E-state index in [1.165, 1.54) is 12.1 Å². The number of aryl methyl sites for hydroxylation is 3. The van der Waals surface area contributed by atoms with Crippen LogP contribution in [0.25, 0.3) is 0 Å². The maximum absolute atomic E-state index is 13.6. The van der Waals surface area contributed by atoms with Crippen molar-refractivity contribution >= 4 is 21.7 Å². The van der Waals surface area contributed by atoms with Crippen LogP contribution >= 0.6 is 0 Å². The van der Waals surface area contributed by atoms with Crippen LogP contribution in [0.3, 0.4) is 0 Å². The van der Waals surface area contributed by atoms with E-state index in [0.29, 0.717) is 17.0 Å². The minimum absolute atomic E-state index is 0.0468. The number of halogens is 1. The SMILES string of the molecule is CCOC(=O)c1c(C)[nH]c(C)c1S(=O)(=O)Nc1ccc(C)c(F)c1. The molecule has 0 atom stereocenters. The van der Waals surface area contributed by atoms with Crippen LogP contribution in [-0.2, 0) is 14.8 Å². The Bertz CT molecular complexity index is 888. The van der Waals surface area contributed by atoms with Gasteiger partial charge in [-0.1, -0.05) is 6.07 Å². The largest absolute Gasteiger partial charge is 0.462 e. The first-order chi connectivity index (χ1) is 11.2. The highest BCUT2D eigenvalue weighted by molar-refractivity contribution is 7.92. The fraction of sp³-hybridized carbons (Fsp3) is 0.312. The Balaban J connectivity index is 2.49. The zero-order valence-electron chi connectivity index (χ0n) is 13.9. The topological polar surface area (TPSA) is 88.3 Å². The zero-order chi connectivity index (χ0) is 18.1. The summed E-state index contributed by atoms with van der Waals surface area (Å²) in [6.07, 6.45) is 0. The third-order valence-electron chi connectivity index (χ3n) is 3.49. The average Bonchev–Trinajstić information content (AvgIpc) is 2.78. The quantitative estimate of drug-likeness (QED) is 0.808. The van der Waals surface area contributed by atoms with Gasteiger partial charge in [-0.25, -0.2) is 17.6 Å². The van der Waals surface area contributed by atoms with Crippen LogP contribution in [0.4, 0.5) is 10.1 Å². The minimum atomic E-state index is -4.10. The molecule has 1 aromatic carbocycles. The Morgan fingerprint density at radius 2 is 1.92 bits per heavy atom. The molecule has 1 heterocycles. The van der Waals surface area contributed by atoms with Crippen LogP contribution in [-0.4, -0.2) is 26.0 Å². The number of carbonyl (C=O) groups is 1. The third-order valence-corrected chi connectivity index (χ3v) is 5.04. The molecule has 0 saturated heterocycles. The Morgan fingerprint density at radius 1 is 1.25 bits per heavy atom. The average molecular weight is 354 g/mol. The molecule has 24 heavy (non-hydrogen) atoms. The molecule has 0 aliphatic heterocycles. The number of hydrogen-bond donors (Lipinski definition) is 2. The van der Waals surface area contributed by atoms with Gasteiger partial charge >= 0.3 is 5.97 Å². The van der Waals surface area contributed by atoms with Crippen LogP contribution < -0.4 is 4.72 Å². The van der Waals surface area contributed by atoms with Crippen molar-refractivity contribution < 1.29 is 22.3 Å².